The number of hydrogen-bond acceptors (Lipinski definition) is 4. The van der Waals surface area contributed by atoms with E-state index in [-0.39, 0.29) is 17.2 Å². The Morgan fingerprint density at radius 3 is 2.83 bits per heavy atom. The predicted octanol–water partition coefficient (Wildman–Crippen LogP) is 2.56. The molecular weight excluding hydrogens is 318 g/mol. The van der Waals surface area contributed by atoms with Gasteiger partial charge in [-0.25, -0.2) is 0 Å². The van der Waals surface area contributed by atoms with Gasteiger partial charge in [0, 0.05) is 17.1 Å². The maximum atomic E-state index is 12.0. The fourth-order valence-electron chi connectivity index (χ4n) is 1.49. The van der Waals surface area contributed by atoms with E-state index in [4.69, 9.17) is 4.74 Å². The fraction of sp³-hybridized carbons (Fsp3) is 0.167. The molecule has 94 valence electrons. The van der Waals surface area contributed by atoms with Gasteiger partial charge < -0.3 is 4.74 Å². The number of carbonyl (C=O) groups is 1. The van der Waals surface area contributed by atoms with E-state index in [0.717, 1.165) is 11.3 Å². The van der Waals surface area contributed by atoms with Crippen molar-refractivity contribution >= 4 is 33.0 Å². The molecule has 0 atom stereocenters. The van der Waals surface area contributed by atoms with Crippen LogP contribution in [0.5, 0.6) is 5.75 Å². The van der Waals surface area contributed by atoms with Crippen LogP contribution in [0, 0.1) is 0 Å². The number of ketones is 1. The SMILES string of the molecule is COc1ccc(C(=O)Cn2ccsc2=O)cc1Br. The molecule has 0 bridgehead atoms. The summed E-state index contributed by atoms with van der Waals surface area (Å²) < 4.78 is 7.20. The number of aromatic nitrogens is 1. The monoisotopic (exact) mass is 327 g/mol. The van der Waals surface area contributed by atoms with Crippen molar-refractivity contribution in [2.75, 3.05) is 7.11 Å². The maximum absolute atomic E-state index is 12.0. The van der Waals surface area contributed by atoms with Gasteiger partial charge >= 0.3 is 4.87 Å². The van der Waals surface area contributed by atoms with Crippen LogP contribution in [0.2, 0.25) is 0 Å². The molecule has 0 spiro atoms. The Balaban J connectivity index is 2.22. The molecule has 0 saturated carbocycles. The van der Waals surface area contributed by atoms with Crippen molar-refractivity contribution in [1.82, 2.24) is 4.57 Å². The van der Waals surface area contributed by atoms with Crippen LogP contribution in [-0.2, 0) is 6.54 Å². The molecule has 6 heteroatoms. The summed E-state index contributed by atoms with van der Waals surface area (Å²) in [4.78, 5) is 23.2. The Bertz CT molecular complexity index is 632. The number of benzene rings is 1. The largest absolute Gasteiger partial charge is 0.496 e. The van der Waals surface area contributed by atoms with Crippen LogP contribution in [0.3, 0.4) is 0 Å². The van der Waals surface area contributed by atoms with Crippen molar-refractivity contribution in [1.29, 1.82) is 0 Å². The number of thiazole rings is 1. The number of ether oxygens (including phenoxy) is 1. The second-order valence-electron chi connectivity index (χ2n) is 3.57. The first kappa shape index (κ1) is 13.0. The molecule has 1 aromatic carbocycles. The summed E-state index contributed by atoms with van der Waals surface area (Å²) in [6.45, 7) is 0.0566. The van der Waals surface area contributed by atoms with Gasteiger partial charge in [0.2, 0.25) is 0 Å². The highest BCUT2D eigenvalue weighted by atomic mass is 79.9. The summed E-state index contributed by atoms with van der Waals surface area (Å²) >= 11 is 4.40. The zero-order chi connectivity index (χ0) is 13.1. The lowest BCUT2D eigenvalue weighted by atomic mass is 10.1. The first-order valence-electron chi connectivity index (χ1n) is 5.12. The third-order valence-corrected chi connectivity index (χ3v) is 3.75. The zero-order valence-electron chi connectivity index (χ0n) is 9.55. The number of Topliss-reactive ketones (excluding diaryl/α,β-unsaturated/α-hetero) is 1. The fourth-order valence-corrected chi connectivity index (χ4v) is 2.62. The molecule has 0 fully saturated rings. The molecule has 0 amide bonds. The van der Waals surface area contributed by atoms with Gasteiger partial charge in [0.05, 0.1) is 18.1 Å². The van der Waals surface area contributed by atoms with Crippen LogP contribution < -0.4 is 9.61 Å². The first-order valence-corrected chi connectivity index (χ1v) is 6.80. The van der Waals surface area contributed by atoms with E-state index in [1.807, 2.05) is 0 Å². The van der Waals surface area contributed by atoms with E-state index in [1.165, 1.54) is 4.57 Å². The minimum absolute atomic E-state index is 0.0566. The standard InChI is InChI=1S/C12H10BrNO3S/c1-17-11-3-2-8(6-9(11)13)10(15)7-14-4-5-18-12(14)16/h2-6H,7H2,1H3. The van der Waals surface area contributed by atoms with Gasteiger partial charge in [0.1, 0.15) is 5.75 Å². The number of carbonyl (C=O) groups excluding carboxylic acids is 1. The molecule has 0 aliphatic rings. The molecular formula is C12H10BrNO3S. The average Bonchev–Trinajstić information content (AvgIpc) is 2.75. The van der Waals surface area contributed by atoms with E-state index in [2.05, 4.69) is 15.9 Å². The summed E-state index contributed by atoms with van der Waals surface area (Å²) in [5.74, 6) is 0.554. The molecule has 1 heterocycles. The zero-order valence-corrected chi connectivity index (χ0v) is 12.0. The number of methoxy groups -OCH3 is 1. The van der Waals surface area contributed by atoms with Crippen LogP contribution in [0.4, 0.5) is 0 Å². The number of nitrogens with zero attached hydrogens (tertiary/aromatic N) is 1. The minimum Gasteiger partial charge on any atom is -0.496 e. The van der Waals surface area contributed by atoms with Crippen molar-refractivity contribution < 1.29 is 9.53 Å². The summed E-state index contributed by atoms with van der Waals surface area (Å²) in [6, 6.07) is 5.09. The van der Waals surface area contributed by atoms with Gasteiger partial charge in [-0.05, 0) is 34.1 Å². The lowest BCUT2D eigenvalue weighted by Crippen LogP contribution is -2.18. The van der Waals surface area contributed by atoms with Gasteiger partial charge in [-0.2, -0.15) is 0 Å². The topological polar surface area (TPSA) is 48.3 Å². The van der Waals surface area contributed by atoms with Crippen molar-refractivity contribution in [3.05, 3.63) is 49.5 Å². The van der Waals surface area contributed by atoms with Crippen LogP contribution in [0.25, 0.3) is 0 Å². The van der Waals surface area contributed by atoms with E-state index in [9.17, 15) is 9.59 Å². The summed E-state index contributed by atoms with van der Waals surface area (Å²) in [7, 11) is 1.56. The lowest BCUT2D eigenvalue weighted by molar-refractivity contribution is 0.0971. The second kappa shape index (κ2) is 5.49. The van der Waals surface area contributed by atoms with Gasteiger partial charge in [0.25, 0.3) is 0 Å². The summed E-state index contributed by atoms with van der Waals surface area (Å²) in [6.07, 6.45) is 1.61. The number of rotatable bonds is 4. The summed E-state index contributed by atoms with van der Waals surface area (Å²) in [5, 5.41) is 1.67. The second-order valence-corrected chi connectivity index (χ2v) is 5.28. The van der Waals surface area contributed by atoms with E-state index >= 15 is 0 Å². The number of halogens is 1. The molecule has 4 nitrogen and oxygen atoms in total. The molecule has 0 unspecified atom stereocenters. The van der Waals surface area contributed by atoms with Gasteiger partial charge in [-0.15, -0.1) is 0 Å². The van der Waals surface area contributed by atoms with Crippen molar-refractivity contribution in [2.24, 2.45) is 0 Å². The molecule has 2 rings (SSSR count). The first-order chi connectivity index (χ1) is 8.61. The van der Waals surface area contributed by atoms with Gasteiger partial charge in [-0.3, -0.25) is 14.2 Å². The highest BCUT2D eigenvalue weighted by Crippen LogP contribution is 2.25. The van der Waals surface area contributed by atoms with Crippen LogP contribution >= 0.6 is 27.3 Å². The normalized spacial score (nSPS) is 10.3. The quantitative estimate of drug-likeness (QED) is 0.811. The molecule has 0 saturated heterocycles. The molecule has 1 aromatic heterocycles. The Labute approximate surface area is 116 Å². The number of hydrogen-bond donors (Lipinski definition) is 0. The molecule has 2 aromatic rings. The molecule has 0 radical (unpaired) electrons. The average molecular weight is 328 g/mol. The summed E-state index contributed by atoms with van der Waals surface area (Å²) in [5.41, 5.74) is 0.542. The molecule has 0 aliphatic carbocycles. The molecule has 0 aliphatic heterocycles. The van der Waals surface area contributed by atoms with Gasteiger partial charge in [-0.1, -0.05) is 11.3 Å². The van der Waals surface area contributed by atoms with Crippen LogP contribution in [-0.4, -0.2) is 17.5 Å². The highest BCUT2D eigenvalue weighted by Gasteiger charge is 2.10. The van der Waals surface area contributed by atoms with Crippen LogP contribution in [0.1, 0.15) is 10.4 Å². The maximum Gasteiger partial charge on any atom is 0.307 e. The van der Waals surface area contributed by atoms with Crippen molar-refractivity contribution in [2.45, 2.75) is 6.54 Å². The minimum atomic E-state index is -0.129. The van der Waals surface area contributed by atoms with Gasteiger partial charge in [0.15, 0.2) is 5.78 Å². The molecule has 0 N–H and O–H groups in total. The lowest BCUT2D eigenvalue weighted by Gasteiger charge is -2.06. The third-order valence-electron chi connectivity index (χ3n) is 2.43. The Hall–Kier alpha value is -1.40. The van der Waals surface area contributed by atoms with Crippen molar-refractivity contribution in [3.8, 4) is 5.75 Å². The Morgan fingerprint density at radius 1 is 1.50 bits per heavy atom. The Morgan fingerprint density at radius 2 is 2.28 bits per heavy atom. The highest BCUT2D eigenvalue weighted by molar-refractivity contribution is 9.10. The third kappa shape index (κ3) is 2.70. The Kier molecular flexibility index (Phi) is 3.98. The van der Waals surface area contributed by atoms with Crippen LogP contribution in [0.15, 0.2) is 39.0 Å². The smallest absolute Gasteiger partial charge is 0.307 e. The van der Waals surface area contributed by atoms with E-state index in [1.54, 1.807) is 36.9 Å². The molecule has 18 heavy (non-hydrogen) atoms. The van der Waals surface area contributed by atoms with Crippen molar-refractivity contribution in [3.63, 3.8) is 0 Å². The van der Waals surface area contributed by atoms with E-state index in [0.29, 0.717) is 15.8 Å². The van der Waals surface area contributed by atoms with E-state index < -0.39 is 0 Å². The predicted molar refractivity (Wildman–Crippen MR) is 73.6 cm³/mol.